The molecule has 0 unspecified atom stereocenters. The average molecular weight is 535 g/mol. The number of esters is 3. The van der Waals surface area contributed by atoms with E-state index in [2.05, 4.69) is 20.8 Å². The molecule has 4 saturated carbocycles. The maximum absolute atomic E-state index is 13.5. The average Bonchev–Trinajstić information content (AvgIpc) is 3.25. The third-order valence-electron chi connectivity index (χ3n) is 11.8. The third-order valence-corrected chi connectivity index (χ3v) is 11.8. The van der Waals surface area contributed by atoms with Crippen LogP contribution in [0.3, 0.4) is 0 Å². The predicted octanol–water partition coefficient (Wildman–Crippen LogP) is 5.17. The minimum Gasteiger partial charge on any atom is -0.469 e. The first-order valence-electron chi connectivity index (χ1n) is 15.1. The molecule has 4 aliphatic carbocycles. The number of hydrogen-bond donors (Lipinski definition) is 1. The summed E-state index contributed by atoms with van der Waals surface area (Å²) in [6.45, 7) is 11.3. The molecule has 11 atom stereocenters. The maximum Gasteiger partial charge on any atom is 0.309 e. The van der Waals surface area contributed by atoms with Crippen LogP contribution in [0, 0.1) is 58.2 Å². The zero-order valence-electron chi connectivity index (χ0n) is 24.4. The summed E-state index contributed by atoms with van der Waals surface area (Å²) in [6, 6.07) is 0. The van der Waals surface area contributed by atoms with E-state index >= 15 is 0 Å². The molecule has 1 N–H and O–H groups in total. The van der Waals surface area contributed by atoms with Crippen molar-refractivity contribution in [3.63, 3.8) is 0 Å². The largest absolute Gasteiger partial charge is 0.469 e. The predicted molar refractivity (Wildman–Crippen MR) is 143 cm³/mol. The molecule has 0 aliphatic heterocycles. The summed E-state index contributed by atoms with van der Waals surface area (Å²) in [4.78, 5) is 38.0. The van der Waals surface area contributed by atoms with Crippen LogP contribution in [0.2, 0.25) is 0 Å². The Morgan fingerprint density at radius 3 is 2.29 bits per heavy atom. The normalized spacial score (nSPS) is 42.7. The van der Waals surface area contributed by atoms with E-state index in [4.69, 9.17) is 14.2 Å². The summed E-state index contributed by atoms with van der Waals surface area (Å²) in [5.74, 6) is 0.696. The Hall–Kier alpha value is -1.63. The zero-order valence-corrected chi connectivity index (χ0v) is 24.4. The number of rotatable bonds is 8. The van der Waals surface area contributed by atoms with Crippen molar-refractivity contribution in [3.05, 3.63) is 0 Å². The van der Waals surface area contributed by atoms with E-state index in [0.29, 0.717) is 32.0 Å². The first-order chi connectivity index (χ1) is 18.0. The van der Waals surface area contributed by atoms with Crippen LogP contribution in [0.5, 0.6) is 0 Å². The van der Waals surface area contributed by atoms with Crippen molar-refractivity contribution >= 4 is 17.9 Å². The topological polar surface area (TPSA) is 99.1 Å². The van der Waals surface area contributed by atoms with E-state index in [0.717, 1.165) is 44.9 Å². The Balaban J connectivity index is 1.64. The standard InChI is InChI=1S/C31H50O7/c1-7-37-28(34)19-13-14-30(4)20(15-19)16-21(29(35)38-8-2)27-23-11-10-22(18(3)9-12-26(33)36-6)31(23,5)25(32)17-24(27)30/h18-25,27,32H,7-17H2,1-6H3/t18-,19-,20+,21+,22-,23+,24+,25+,27+,30+,31-/m1/s1. The molecule has 4 rings (SSSR count). The molecular weight excluding hydrogens is 484 g/mol. The molecule has 4 fully saturated rings. The van der Waals surface area contributed by atoms with Gasteiger partial charge in [-0.15, -0.1) is 0 Å². The number of methoxy groups -OCH3 is 1. The molecule has 0 saturated heterocycles. The Morgan fingerprint density at radius 1 is 0.947 bits per heavy atom. The highest BCUT2D eigenvalue weighted by atomic mass is 16.5. The van der Waals surface area contributed by atoms with E-state index in [1.165, 1.54) is 7.11 Å². The molecule has 0 spiro atoms. The van der Waals surface area contributed by atoms with Gasteiger partial charge in [-0.25, -0.2) is 0 Å². The Labute approximate surface area is 228 Å². The van der Waals surface area contributed by atoms with Gasteiger partial charge in [0.15, 0.2) is 0 Å². The fourth-order valence-corrected chi connectivity index (χ4v) is 9.82. The highest BCUT2D eigenvalue weighted by Crippen LogP contribution is 2.70. The molecule has 0 aromatic heterocycles. The SMILES string of the molecule is CCOC(=O)[C@@H]1CC[C@@]2(C)[C@@H](C1)C[C@H](C(=O)OCC)[C@@H]1[C@@H]2C[C@H](O)[C@]2(C)[C@@H]([C@H](C)CCC(=O)OC)CC[C@@H]12. The van der Waals surface area contributed by atoms with Crippen molar-refractivity contribution in [1.82, 2.24) is 0 Å². The number of carbonyl (C=O) groups is 3. The summed E-state index contributed by atoms with van der Waals surface area (Å²) < 4.78 is 15.9. The smallest absolute Gasteiger partial charge is 0.309 e. The van der Waals surface area contributed by atoms with Crippen LogP contribution in [-0.4, -0.2) is 49.4 Å². The first-order valence-corrected chi connectivity index (χ1v) is 15.1. The molecular formula is C31H50O7. The van der Waals surface area contributed by atoms with Gasteiger partial charge < -0.3 is 19.3 Å². The van der Waals surface area contributed by atoms with Crippen LogP contribution < -0.4 is 0 Å². The van der Waals surface area contributed by atoms with Crippen LogP contribution in [0.25, 0.3) is 0 Å². The molecule has 0 radical (unpaired) electrons. The van der Waals surface area contributed by atoms with E-state index in [9.17, 15) is 19.5 Å². The summed E-state index contributed by atoms with van der Waals surface area (Å²) in [7, 11) is 1.43. The molecule has 4 aliphatic rings. The van der Waals surface area contributed by atoms with Crippen molar-refractivity contribution in [1.29, 1.82) is 0 Å². The van der Waals surface area contributed by atoms with Crippen LogP contribution in [0.1, 0.15) is 92.4 Å². The second-order valence-electron chi connectivity index (χ2n) is 13.2. The Morgan fingerprint density at radius 2 is 1.63 bits per heavy atom. The fourth-order valence-electron chi connectivity index (χ4n) is 9.82. The summed E-state index contributed by atoms with van der Waals surface area (Å²) in [6.07, 6.45) is 6.59. The van der Waals surface area contributed by atoms with Crippen molar-refractivity contribution in [2.45, 2.75) is 98.5 Å². The number of aliphatic hydroxyl groups is 1. The second kappa shape index (κ2) is 11.5. The number of carbonyl (C=O) groups excluding carboxylic acids is 3. The quantitative estimate of drug-likeness (QED) is 0.339. The van der Waals surface area contributed by atoms with Crippen molar-refractivity contribution < 1.29 is 33.7 Å². The minimum atomic E-state index is -0.456. The summed E-state index contributed by atoms with van der Waals surface area (Å²) in [5.41, 5.74) is -0.319. The van der Waals surface area contributed by atoms with Crippen molar-refractivity contribution in [2.24, 2.45) is 58.2 Å². The lowest BCUT2D eigenvalue weighted by Gasteiger charge is -2.64. The van der Waals surface area contributed by atoms with Crippen LogP contribution in [0.15, 0.2) is 0 Å². The molecule has 0 heterocycles. The highest BCUT2D eigenvalue weighted by molar-refractivity contribution is 5.74. The van der Waals surface area contributed by atoms with Gasteiger partial charge in [0.2, 0.25) is 0 Å². The molecule has 7 nitrogen and oxygen atoms in total. The van der Waals surface area contributed by atoms with Crippen LogP contribution in [-0.2, 0) is 28.6 Å². The maximum atomic E-state index is 13.5. The molecule has 38 heavy (non-hydrogen) atoms. The van der Waals surface area contributed by atoms with E-state index < -0.39 is 6.10 Å². The van der Waals surface area contributed by atoms with Gasteiger partial charge in [-0.1, -0.05) is 20.8 Å². The fraction of sp³-hybridized carbons (Fsp3) is 0.903. The van der Waals surface area contributed by atoms with Gasteiger partial charge in [-0.3, -0.25) is 14.4 Å². The summed E-state index contributed by atoms with van der Waals surface area (Å²) >= 11 is 0. The van der Waals surface area contributed by atoms with Gasteiger partial charge in [0, 0.05) is 6.42 Å². The number of fused-ring (bicyclic) bond motifs is 5. The summed E-state index contributed by atoms with van der Waals surface area (Å²) in [5, 5.41) is 11.9. The van der Waals surface area contributed by atoms with Gasteiger partial charge in [-0.05, 0) is 112 Å². The molecule has 0 bridgehead atoms. The Bertz CT molecular complexity index is 887. The number of ether oxygens (including phenoxy) is 3. The minimum absolute atomic E-state index is 0.0203. The molecule has 0 amide bonds. The number of aliphatic hydroxyl groups excluding tert-OH is 1. The lowest BCUT2D eigenvalue weighted by Crippen LogP contribution is -2.62. The monoisotopic (exact) mass is 534 g/mol. The lowest BCUT2D eigenvalue weighted by molar-refractivity contribution is -0.202. The van der Waals surface area contributed by atoms with Gasteiger partial charge in [0.25, 0.3) is 0 Å². The van der Waals surface area contributed by atoms with Crippen molar-refractivity contribution in [3.8, 4) is 0 Å². The van der Waals surface area contributed by atoms with Gasteiger partial charge in [0.05, 0.1) is 38.3 Å². The van der Waals surface area contributed by atoms with E-state index in [-0.39, 0.29) is 70.2 Å². The third kappa shape index (κ3) is 4.90. The number of hydrogen-bond acceptors (Lipinski definition) is 7. The van der Waals surface area contributed by atoms with Crippen LogP contribution >= 0.6 is 0 Å². The molecule has 0 aromatic carbocycles. The molecule has 0 aromatic rings. The van der Waals surface area contributed by atoms with Gasteiger partial charge >= 0.3 is 17.9 Å². The highest BCUT2D eigenvalue weighted by Gasteiger charge is 2.67. The molecule has 216 valence electrons. The van der Waals surface area contributed by atoms with Crippen molar-refractivity contribution in [2.75, 3.05) is 20.3 Å². The lowest BCUT2D eigenvalue weighted by atomic mass is 9.41. The van der Waals surface area contributed by atoms with E-state index in [1.807, 2.05) is 13.8 Å². The van der Waals surface area contributed by atoms with Gasteiger partial charge in [0.1, 0.15) is 0 Å². The van der Waals surface area contributed by atoms with Gasteiger partial charge in [-0.2, -0.15) is 0 Å². The van der Waals surface area contributed by atoms with Crippen LogP contribution in [0.4, 0.5) is 0 Å². The first kappa shape index (κ1) is 29.4. The zero-order chi connectivity index (χ0) is 27.8. The van der Waals surface area contributed by atoms with E-state index in [1.54, 1.807) is 0 Å². The molecule has 7 heteroatoms. The second-order valence-corrected chi connectivity index (χ2v) is 13.2. The Kier molecular flexibility index (Phi) is 8.86.